The number of hydrogen-bond acceptors (Lipinski definition) is 3. The third-order valence-electron chi connectivity index (χ3n) is 2.95. The number of nitrogens with zero attached hydrogens (tertiary/aromatic N) is 1. The van der Waals surface area contributed by atoms with Crippen LogP contribution in [0.3, 0.4) is 0 Å². The van der Waals surface area contributed by atoms with Crippen molar-refractivity contribution < 1.29 is 18.3 Å². The molecule has 0 atom stereocenters. The Bertz CT molecular complexity index is 535. The molecule has 7 heteroatoms. The summed E-state index contributed by atoms with van der Waals surface area (Å²) < 4.78 is 25.0. The molecular weight excluding hydrogens is 310 g/mol. The zero-order valence-corrected chi connectivity index (χ0v) is 11.4. The molecule has 1 fully saturated rings. The van der Waals surface area contributed by atoms with E-state index in [2.05, 4.69) is 15.9 Å². The van der Waals surface area contributed by atoms with E-state index in [0.717, 1.165) is 0 Å². The lowest BCUT2D eigenvalue weighted by atomic mass is 10.1. The van der Waals surface area contributed by atoms with Gasteiger partial charge in [0.05, 0.1) is 11.5 Å². The van der Waals surface area contributed by atoms with Crippen LogP contribution in [-0.2, 0) is 9.84 Å². The molecule has 0 radical (unpaired) electrons. The molecule has 1 N–H and O–H groups in total. The molecule has 17 heavy (non-hydrogen) atoms. The monoisotopic (exact) mass is 321 g/mol. The van der Waals surface area contributed by atoms with Gasteiger partial charge < -0.3 is 9.67 Å². The first kappa shape index (κ1) is 12.6. The van der Waals surface area contributed by atoms with Gasteiger partial charge in [-0.15, -0.1) is 0 Å². The van der Waals surface area contributed by atoms with Gasteiger partial charge in [0.25, 0.3) is 0 Å². The van der Waals surface area contributed by atoms with Crippen molar-refractivity contribution in [2.24, 2.45) is 0 Å². The van der Waals surface area contributed by atoms with E-state index in [9.17, 15) is 13.2 Å². The summed E-state index contributed by atoms with van der Waals surface area (Å²) in [5.41, 5.74) is 0.196. The lowest BCUT2D eigenvalue weighted by Gasteiger charge is -2.24. The summed E-state index contributed by atoms with van der Waals surface area (Å²) in [6.45, 7) is 0. The molecule has 5 nitrogen and oxygen atoms in total. The van der Waals surface area contributed by atoms with Gasteiger partial charge in [0, 0.05) is 16.7 Å². The van der Waals surface area contributed by atoms with Crippen molar-refractivity contribution in [3.05, 3.63) is 22.4 Å². The first-order valence-electron chi connectivity index (χ1n) is 5.20. The van der Waals surface area contributed by atoms with Gasteiger partial charge in [0.15, 0.2) is 0 Å². The van der Waals surface area contributed by atoms with Crippen LogP contribution < -0.4 is 0 Å². The van der Waals surface area contributed by atoms with E-state index in [1.54, 1.807) is 10.8 Å². The van der Waals surface area contributed by atoms with Crippen LogP contribution in [0.4, 0.5) is 0 Å². The van der Waals surface area contributed by atoms with Gasteiger partial charge >= 0.3 is 5.97 Å². The highest BCUT2D eigenvalue weighted by Gasteiger charge is 2.27. The zero-order valence-electron chi connectivity index (χ0n) is 8.97. The molecule has 1 aromatic heterocycles. The van der Waals surface area contributed by atoms with Gasteiger partial charge in [0.1, 0.15) is 15.5 Å². The van der Waals surface area contributed by atoms with E-state index < -0.39 is 15.8 Å². The molecule has 94 valence electrons. The highest BCUT2D eigenvalue weighted by atomic mass is 79.9. The van der Waals surface area contributed by atoms with Gasteiger partial charge in [0.2, 0.25) is 0 Å². The summed E-state index contributed by atoms with van der Waals surface area (Å²) in [6.07, 6.45) is 2.65. The number of rotatable bonds is 2. The zero-order chi connectivity index (χ0) is 12.6. The fourth-order valence-corrected chi connectivity index (χ4v) is 3.98. The molecule has 1 aliphatic heterocycles. The van der Waals surface area contributed by atoms with Crippen LogP contribution in [0.5, 0.6) is 0 Å². The highest BCUT2D eigenvalue weighted by Crippen LogP contribution is 2.28. The van der Waals surface area contributed by atoms with Crippen molar-refractivity contribution in [1.29, 1.82) is 0 Å². The van der Waals surface area contributed by atoms with E-state index >= 15 is 0 Å². The standard InChI is InChI=1S/C10H12BrNO4S/c11-7-5-9(10(13)14)12(6-7)8-1-3-17(15,16)4-2-8/h5-6,8H,1-4H2,(H,13,14). The quantitative estimate of drug-likeness (QED) is 0.899. The van der Waals surface area contributed by atoms with Crippen molar-refractivity contribution in [3.63, 3.8) is 0 Å². The lowest BCUT2D eigenvalue weighted by Crippen LogP contribution is -2.26. The molecule has 2 rings (SSSR count). The predicted octanol–water partition coefficient (Wildman–Crippen LogP) is 1.70. The number of aromatic carboxylic acids is 1. The van der Waals surface area contributed by atoms with E-state index in [-0.39, 0.29) is 23.2 Å². The highest BCUT2D eigenvalue weighted by molar-refractivity contribution is 9.10. The first-order valence-corrected chi connectivity index (χ1v) is 7.81. The van der Waals surface area contributed by atoms with Crippen molar-refractivity contribution in [1.82, 2.24) is 4.57 Å². The van der Waals surface area contributed by atoms with Crippen LogP contribution in [-0.4, -0.2) is 35.6 Å². The van der Waals surface area contributed by atoms with Crippen LogP contribution in [0, 0.1) is 0 Å². The maximum atomic E-state index is 11.3. The second-order valence-corrected chi connectivity index (χ2v) is 7.36. The molecule has 0 unspecified atom stereocenters. The summed E-state index contributed by atoms with van der Waals surface area (Å²) in [7, 11) is -2.92. The Labute approximate surface area is 107 Å². The Morgan fingerprint density at radius 1 is 1.41 bits per heavy atom. The fourth-order valence-electron chi connectivity index (χ4n) is 2.07. The first-order chi connectivity index (χ1) is 7.89. The largest absolute Gasteiger partial charge is 0.477 e. The van der Waals surface area contributed by atoms with E-state index in [4.69, 9.17) is 5.11 Å². The van der Waals surface area contributed by atoms with Crippen LogP contribution in [0.2, 0.25) is 0 Å². The Hall–Kier alpha value is -0.820. The molecule has 0 saturated carbocycles. The molecule has 0 aliphatic carbocycles. The van der Waals surface area contributed by atoms with Crippen molar-refractivity contribution >= 4 is 31.7 Å². The number of sulfone groups is 1. The third-order valence-corrected chi connectivity index (χ3v) is 5.10. The Kier molecular flexibility index (Phi) is 3.31. The van der Waals surface area contributed by atoms with Crippen LogP contribution >= 0.6 is 15.9 Å². The van der Waals surface area contributed by atoms with Gasteiger partial charge in [-0.1, -0.05) is 0 Å². The maximum absolute atomic E-state index is 11.3. The molecule has 0 spiro atoms. The molecule has 0 amide bonds. The van der Waals surface area contributed by atoms with E-state index in [1.807, 2.05) is 0 Å². The summed E-state index contributed by atoms with van der Waals surface area (Å²) in [6, 6.07) is 1.49. The summed E-state index contributed by atoms with van der Waals surface area (Å²) in [4.78, 5) is 11.0. The van der Waals surface area contributed by atoms with E-state index in [0.29, 0.717) is 17.3 Å². The van der Waals surface area contributed by atoms with Gasteiger partial charge in [-0.25, -0.2) is 13.2 Å². The molecule has 0 bridgehead atoms. The van der Waals surface area contributed by atoms with Gasteiger partial charge in [-0.05, 0) is 34.8 Å². The summed E-state index contributed by atoms with van der Waals surface area (Å²) >= 11 is 3.24. The maximum Gasteiger partial charge on any atom is 0.352 e. The lowest BCUT2D eigenvalue weighted by molar-refractivity contribution is 0.0682. The molecule has 2 heterocycles. The van der Waals surface area contributed by atoms with E-state index in [1.165, 1.54) is 6.07 Å². The van der Waals surface area contributed by atoms with Crippen molar-refractivity contribution in [2.45, 2.75) is 18.9 Å². The van der Waals surface area contributed by atoms with Crippen LogP contribution in [0.1, 0.15) is 29.4 Å². The van der Waals surface area contributed by atoms with Crippen LogP contribution in [0.15, 0.2) is 16.7 Å². The molecule has 1 saturated heterocycles. The Balaban J connectivity index is 2.27. The normalized spacial score (nSPS) is 20.3. The number of carboxylic acid groups (broad SMARTS) is 1. The van der Waals surface area contributed by atoms with Crippen molar-refractivity contribution in [3.8, 4) is 0 Å². The Morgan fingerprint density at radius 2 is 2.00 bits per heavy atom. The SMILES string of the molecule is O=C(O)c1cc(Br)cn1C1CCS(=O)(=O)CC1. The minimum Gasteiger partial charge on any atom is -0.477 e. The molecule has 0 aromatic carbocycles. The molecule has 1 aliphatic rings. The third kappa shape index (κ3) is 2.71. The number of carbonyl (C=O) groups is 1. The number of carboxylic acids is 1. The van der Waals surface area contributed by atoms with Crippen molar-refractivity contribution in [2.75, 3.05) is 11.5 Å². The van der Waals surface area contributed by atoms with Gasteiger partial charge in [-0.3, -0.25) is 0 Å². The minimum absolute atomic E-state index is 0.0454. The summed E-state index contributed by atoms with van der Waals surface area (Å²) in [5, 5.41) is 9.05. The Morgan fingerprint density at radius 3 is 2.53 bits per heavy atom. The minimum atomic E-state index is -2.92. The predicted molar refractivity (Wildman–Crippen MR) is 66.0 cm³/mol. The fraction of sp³-hybridized carbons (Fsp3) is 0.500. The van der Waals surface area contributed by atoms with Crippen LogP contribution in [0.25, 0.3) is 0 Å². The molecular formula is C10H12BrNO4S. The van der Waals surface area contributed by atoms with Gasteiger partial charge in [-0.2, -0.15) is 0 Å². The average Bonchev–Trinajstić information content (AvgIpc) is 2.60. The second-order valence-electron chi connectivity index (χ2n) is 4.14. The number of halogens is 1. The smallest absolute Gasteiger partial charge is 0.352 e. The second kappa shape index (κ2) is 4.45. The summed E-state index contributed by atoms with van der Waals surface area (Å²) in [5.74, 6) is -0.733. The average molecular weight is 322 g/mol. The number of hydrogen-bond donors (Lipinski definition) is 1. The topological polar surface area (TPSA) is 76.4 Å². The number of aromatic nitrogens is 1. The molecule has 1 aromatic rings.